The Kier molecular flexibility index (Phi) is 5.51. The highest BCUT2D eigenvalue weighted by molar-refractivity contribution is 9.10. The van der Waals surface area contributed by atoms with Crippen LogP contribution in [0.3, 0.4) is 0 Å². The SMILES string of the molecule is CC(CCl)(CCl)NCc1cccc(F)c1Br. The second-order valence-corrected chi connectivity index (χ2v) is 5.22. The summed E-state index contributed by atoms with van der Waals surface area (Å²) in [5.41, 5.74) is 0.510. The topological polar surface area (TPSA) is 12.0 Å². The van der Waals surface area contributed by atoms with Crippen LogP contribution in [-0.4, -0.2) is 17.3 Å². The van der Waals surface area contributed by atoms with Gasteiger partial charge in [-0.3, -0.25) is 0 Å². The van der Waals surface area contributed by atoms with Crippen molar-refractivity contribution in [3.8, 4) is 0 Å². The first-order chi connectivity index (χ1) is 7.52. The maximum atomic E-state index is 13.2. The molecule has 1 rings (SSSR count). The Morgan fingerprint density at radius 2 is 2.00 bits per heavy atom. The number of hydrogen-bond acceptors (Lipinski definition) is 1. The van der Waals surface area contributed by atoms with Crippen LogP contribution in [-0.2, 0) is 6.54 Å². The van der Waals surface area contributed by atoms with Crippen molar-refractivity contribution in [2.24, 2.45) is 0 Å². The Labute approximate surface area is 113 Å². The molecule has 0 amide bonds. The van der Waals surface area contributed by atoms with Crippen LogP contribution >= 0.6 is 39.1 Å². The minimum atomic E-state index is -0.338. The lowest BCUT2D eigenvalue weighted by atomic mass is 10.1. The van der Waals surface area contributed by atoms with E-state index in [-0.39, 0.29) is 11.4 Å². The van der Waals surface area contributed by atoms with Crippen molar-refractivity contribution < 1.29 is 4.39 Å². The van der Waals surface area contributed by atoms with Gasteiger partial charge < -0.3 is 5.32 Å². The quantitative estimate of drug-likeness (QED) is 0.808. The Bertz CT molecular complexity index is 356. The van der Waals surface area contributed by atoms with E-state index in [2.05, 4.69) is 21.2 Å². The second kappa shape index (κ2) is 6.20. The zero-order valence-corrected chi connectivity index (χ0v) is 12.0. The first-order valence-electron chi connectivity index (χ1n) is 4.82. The minimum Gasteiger partial charge on any atom is -0.305 e. The molecule has 0 aliphatic heterocycles. The van der Waals surface area contributed by atoms with Crippen LogP contribution in [0.25, 0.3) is 0 Å². The fraction of sp³-hybridized carbons (Fsp3) is 0.455. The second-order valence-electron chi connectivity index (χ2n) is 3.89. The largest absolute Gasteiger partial charge is 0.305 e. The lowest BCUT2D eigenvalue weighted by Crippen LogP contribution is -2.45. The van der Waals surface area contributed by atoms with Gasteiger partial charge in [0.1, 0.15) is 5.82 Å². The lowest BCUT2D eigenvalue weighted by Gasteiger charge is -2.26. The molecule has 0 bridgehead atoms. The van der Waals surface area contributed by atoms with Crippen molar-refractivity contribution in [1.82, 2.24) is 5.32 Å². The Balaban J connectivity index is 2.71. The molecule has 0 unspecified atom stereocenters. The molecule has 0 aliphatic rings. The molecule has 1 aromatic rings. The summed E-state index contributed by atoms with van der Waals surface area (Å²) in [5, 5.41) is 3.22. The average molecular weight is 329 g/mol. The molecule has 1 N–H and O–H groups in total. The molecule has 0 radical (unpaired) electrons. The maximum Gasteiger partial charge on any atom is 0.137 e. The molecule has 1 aromatic carbocycles. The Hall–Kier alpha value is 0.170. The molecule has 0 saturated carbocycles. The van der Waals surface area contributed by atoms with Gasteiger partial charge in [0.15, 0.2) is 0 Å². The molecular weight excluding hydrogens is 316 g/mol. The van der Waals surface area contributed by atoms with Gasteiger partial charge in [0, 0.05) is 23.8 Å². The van der Waals surface area contributed by atoms with Gasteiger partial charge in [0.25, 0.3) is 0 Å². The van der Waals surface area contributed by atoms with E-state index in [1.165, 1.54) is 6.07 Å². The molecule has 16 heavy (non-hydrogen) atoms. The van der Waals surface area contributed by atoms with E-state index in [4.69, 9.17) is 23.2 Å². The molecule has 0 spiro atoms. The van der Waals surface area contributed by atoms with E-state index in [1.807, 2.05) is 13.0 Å². The van der Waals surface area contributed by atoms with Gasteiger partial charge in [-0.2, -0.15) is 0 Å². The Morgan fingerprint density at radius 1 is 1.38 bits per heavy atom. The van der Waals surface area contributed by atoms with Gasteiger partial charge >= 0.3 is 0 Å². The van der Waals surface area contributed by atoms with Crippen molar-refractivity contribution in [3.63, 3.8) is 0 Å². The van der Waals surface area contributed by atoms with Crippen molar-refractivity contribution in [3.05, 3.63) is 34.1 Å². The zero-order chi connectivity index (χ0) is 12.2. The number of hydrogen-bond donors (Lipinski definition) is 1. The zero-order valence-electron chi connectivity index (χ0n) is 8.87. The average Bonchev–Trinajstić information content (AvgIpc) is 2.31. The molecule has 90 valence electrons. The predicted octanol–water partition coefficient (Wildman–Crippen LogP) is 3.91. The molecule has 1 nitrogen and oxygen atoms in total. The predicted molar refractivity (Wildman–Crippen MR) is 70.8 cm³/mol. The Morgan fingerprint density at radius 3 is 2.56 bits per heavy atom. The number of alkyl halides is 2. The molecule has 0 aliphatic carbocycles. The molecular formula is C11H13BrCl2FN. The monoisotopic (exact) mass is 327 g/mol. The highest BCUT2D eigenvalue weighted by atomic mass is 79.9. The van der Waals surface area contributed by atoms with Crippen LogP contribution in [0.1, 0.15) is 12.5 Å². The summed E-state index contributed by atoms with van der Waals surface area (Å²) in [6.07, 6.45) is 0. The third kappa shape index (κ3) is 3.59. The molecule has 0 fully saturated rings. The van der Waals surface area contributed by atoms with Crippen molar-refractivity contribution >= 4 is 39.1 Å². The van der Waals surface area contributed by atoms with Gasteiger partial charge in [0.2, 0.25) is 0 Å². The highest BCUT2D eigenvalue weighted by Crippen LogP contribution is 2.21. The van der Waals surface area contributed by atoms with Crippen LogP contribution in [0.2, 0.25) is 0 Å². The standard InChI is InChI=1S/C11H13BrCl2FN/c1-11(6-13,7-14)16-5-8-3-2-4-9(15)10(8)12/h2-4,16H,5-7H2,1H3. The van der Waals surface area contributed by atoms with Gasteiger partial charge in [-0.1, -0.05) is 12.1 Å². The van der Waals surface area contributed by atoms with Gasteiger partial charge in [-0.25, -0.2) is 4.39 Å². The van der Waals surface area contributed by atoms with E-state index in [9.17, 15) is 4.39 Å². The van der Waals surface area contributed by atoms with E-state index in [0.717, 1.165) is 5.56 Å². The molecule has 0 atom stereocenters. The summed E-state index contributed by atoms with van der Waals surface area (Å²) < 4.78 is 13.7. The molecule has 0 saturated heterocycles. The first kappa shape index (κ1) is 14.2. The van der Waals surface area contributed by atoms with Crippen LogP contribution < -0.4 is 5.32 Å². The summed E-state index contributed by atoms with van der Waals surface area (Å²) >= 11 is 14.8. The van der Waals surface area contributed by atoms with Crippen LogP contribution in [0.5, 0.6) is 0 Å². The van der Waals surface area contributed by atoms with E-state index in [0.29, 0.717) is 22.8 Å². The van der Waals surface area contributed by atoms with E-state index >= 15 is 0 Å². The van der Waals surface area contributed by atoms with Crippen LogP contribution in [0.4, 0.5) is 4.39 Å². The smallest absolute Gasteiger partial charge is 0.137 e. The lowest BCUT2D eigenvalue weighted by molar-refractivity contribution is 0.433. The van der Waals surface area contributed by atoms with Crippen molar-refractivity contribution in [1.29, 1.82) is 0 Å². The summed E-state index contributed by atoms with van der Waals surface area (Å²) in [6, 6.07) is 4.94. The summed E-state index contributed by atoms with van der Waals surface area (Å²) in [6.45, 7) is 2.45. The van der Waals surface area contributed by atoms with Crippen LogP contribution in [0, 0.1) is 5.82 Å². The highest BCUT2D eigenvalue weighted by Gasteiger charge is 2.21. The van der Waals surface area contributed by atoms with E-state index in [1.54, 1.807) is 6.07 Å². The molecule has 0 aromatic heterocycles. The van der Waals surface area contributed by atoms with Crippen molar-refractivity contribution in [2.45, 2.75) is 19.0 Å². The van der Waals surface area contributed by atoms with Gasteiger partial charge in [-0.05, 0) is 34.5 Å². The number of rotatable bonds is 5. The van der Waals surface area contributed by atoms with Crippen molar-refractivity contribution in [2.75, 3.05) is 11.8 Å². The fourth-order valence-corrected chi connectivity index (χ4v) is 2.00. The third-order valence-electron chi connectivity index (χ3n) is 2.33. The fourth-order valence-electron chi connectivity index (χ4n) is 1.12. The van der Waals surface area contributed by atoms with Gasteiger partial charge in [-0.15, -0.1) is 23.2 Å². The number of halogens is 4. The summed E-state index contributed by atoms with van der Waals surface area (Å²) in [7, 11) is 0. The minimum absolute atomic E-state index is 0.266. The normalized spacial score (nSPS) is 11.8. The first-order valence-corrected chi connectivity index (χ1v) is 6.68. The number of nitrogens with one attached hydrogen (secondary N) is 1. The molecule has 0 heterocycles. The van der Waals surface area contributed by atoms with E-state index < -0.39 is 0 Å². The third-order valence-corrected chi connectivity index (χ3v) is 4.39. The number of benzene rings is 1. The van der Waals surface area contributed by atoms with Crippen LogP contribution in [0.15, 0.2) is 22.7 Å². The molecule has 5 heteroatoms. The summed E-state index contributed by atoms with van der Waals surface area (Å²) in [5.74, 6) is 0.546. The maximum absolute atomic E-state index is 13.2. The van der Waals surface area contributed by atoms with Gasteiger partial charge in [0.05, 0.1) is 4.47 Å². The summed E-state index contributed by atoms with van der Waals surface area (Å²) in [4.78, 5) is 0.